The second-order valence-electron chi connectivity index (χ2n) is 3.41. The SMILES string of the molecule is CCSC(=S)N(CC)c1nc2ccccc2o1. The molecule has 0 fully saturated rings. The van der Waals surface area contributed by atoms with Gasteiger partial charge in [0.2, 0.25) is 0 Å². The van der Waals surface area contributed by atoms with Crippen LogP contribution in [-0.4, -0.2) is 21.6 Å². The van der Waals surface area contributed by atoms with E-state index in [0.717, 1.165) is 27.7 Å². The van der Waals surface area contributed by atoms with Crippen molar-refractivity contribution in [3.05, 3.63) is 24.3 Å². The van der Waals surface area contributed by atoms with Gasteiger partial charge < -0.3 is 4.42 Å². The zero-order valence-corrected chi connectivity index (χ0v) is 11.5. The van der Waals surface area contributed by atoms with Gasteiger partial charge in [-0.1, -0.05) is 43.0 Å². The molecule has 3 nitrogen and oxygen atoms in total. The average molecular weight is 266 g/mol. The Hall–Kier alpha value is -1.07. The highest BCUT2D eigenvalue weighted by Crippen LogP contribution is 2.24. The van der Waals surface area contributed by atoms with Gasteiger partial charge in [-0.25, -0.2) is 0 Å². The van der Waals surface area contributed by atoms with Crippen molar-refractivity contribution < 1.29 is 4.42 Å². The van der Waals surface area contributed by atoms with E-state index in [-0.39, 0.29) is 0 Å². The zero-order chi connectivity index (χ0) is 12.3. The van der Waals surface area contributed by atoms with Gasteiger partial charge in [-0.2, -0.15) is 4.98 Å². The van der Waals surface area contributed by atoms with Crippen LogP contribution in [0.1, 0.15) is 13.8 Å². The molecule has 0 aliphatic heterocycles. The maximum absolute atomic E-state index is 5.70. The molecule has 0 radical (unpaired) electrons. The van der Waals surface area contributed by atoms with Crippen molar-refractivity contribution in [1.29, 1.82) is 0 Å². The summed E-state index contributed by atoms with van der Waals surface area (Å²) in [6.45, 7) is 4.88. The van der Waals surface area contributed by atoms with E-state index >= 15 is 0 Å². The van der Waals surface area contributed by atoms with Crippen molar-refractivity contribution in [2.45, 2.75) is 13.8 Å². The van der Waals surface area contributed by atoms with Gasteiger partial charge in [0.15, 0.2) is 5.58 Å². The van der Waals surface area contributed by atoms with Crippen LogP contribution in [0.15, 0.2) is 28.7 Å². The van der Waals surface area contributed by atoms with E-state index in [0.29, 0.717) is 6.01 Å². The molecular formula is C12H14N2OS2. The Kier molecular flexibility index (Phi) is 4.02. The van der Waals surface area contributed by atoms with Gasteiger partial charge in [0, 0.05) is 6.54 Å². The fraction of sp³-hybridized carbons (Fsp3) is 0.333. The smallest absolute Gasteiger partial charge is 0.304 e. The molecule has 0 aliphatic rings. The summed E-state index contributed by atoms with van der Waals surface area (Å²) in [4.78, 5) is 6.37. The van der Waals surface area contributed by atoms with Gasteiger partial charge in [-0.15, -0.1) is 0 Å². The lowest BCUT2D eigenvalue weighted by Crippen LogP contribution is -2.27. The number of fused-ring (bicyclic) bond motifs is 1. The van der Waals surface area contributed by atoms with Crippen molar-refractivity contribution >= 4 is 45.4 Å². The lowest BCUT2D eigenvalue weighted by Gasteiger charge is -2.17. The van der Waals surface area contributed by atoms with Crippen molar-refractivity contribution in [2.75, 3.05) is 17.2 Å². The molecule has 0 unspecified atom stereocenters. The summed E-state index contributed by atoms with van der Waals surface area (Å²) in [5, 5.41) is 0. The summed E-state index contributed by atoms with van der Waals surface area (Å²) in [6.07, 6.45) is 0. The Morgan fingerprint density at radius 2 is 2.18 bits per heavy atom. The van der Waals surface area contributed by atoms with Crippen LogP contribution < -0.4 is 4.90 Å². The second-order valence-corrected chi connectivity index (χ2v) is 5.31. The fourth-order valence-electron chi connectivity index (χ4n) is 1.52. The van der Waals surface area contributed by atoms with Crippen LogP contribution in [-0.2, 0) is 0 Å². The quantitative estimate of drug-likeness (QED) is 0.790. The van der Waals surface area contributed by atoms with Crippen LogP contribution in [0, 0.1) is 0 Å². The number of nitrogens with zero attached hydrogens (tertiary/aromatic N) is 2. The first kappa shape index (κ1) is 12.4. The van der Waals surface area contributed by atoms with Crippen molar-refractivity contribution in [3.8, 4) is 0 Å². The fourth-order valence-corrected chi connectivity index (χ4v) is 2.69. The minimum Gasteiger partial charge on any atom is -0.423 e. The molecule has 0 bridgehead atoms. The Morgan fingerprint density at radius 3 is 2.82 bits per heavy atom. The van der Waals surface area contributed by atoms with Crippen LogP contribution in [0.25, 0.3) is 11.1 Å². The molecule has 0 atom stereocenters. The molecular weight excluding hydrogens is 252 g/mol. The molecule has 0 aliphatic carbocycles. The average Bonchev–Trinajstić information content (AvgIpc) is 2.73. The van der Waals surface area contributed by atoms with E-state index in [1.54, 1.807) is 11.8 Å². The number of hydrogen-bond donors (Lipinski definition) is 0. The number of thioether (sulfide) groups is 1. The predicted octanol–water partition coefficient (Wildman–Crippen LogP) is 3.69. The Morgan fingerprint density at radius 1 is 1.41 bits per heavy atom. The lowest BCUT2D eigenvalue weighted by atomic mass is 10.3. The number of oxazole rings is 1. The van der Waals surface area contributed by atoms with Gasteiger partial charge in [0.25, 0.3) is 0 Å². The van der Waals surface area contributed by atoms with Gasteiger partial charge in [0.05, 0.1) is 0 Å². The van der Waals surface area contributed by atoms with Gasteiger partial charge >= 0.3 is 6.01 Å². The molecule has 17 heavy (non-hydrogen) atoms. The highest BCUT2D eigenvalue weighted by atomic mass is 32.2. The van der Waals surface area contributed by atoms with Gasteiger partial charge in [0.1, 0.15) is 9.84 Å². The molecule has 2 rings (SSSR count). The number of benzene rings is 1. The van der Waals surface area contributed by atoms with E-state index < -0.39 is 0 Å². The maximum Gasteiger partial charge on any atom is 0.304 e. The third kappa shape index (κ3) is 2.61. The van der Waals surface area contributed by atoms with E-state index in [9.17, 15) is 0 Å². The highest BCUT2D eigenvalue weighted by Gasteiger charge is 2.16. The summed E-state index contributed by atoms with van der Waals surface area (Å²) < 4.78 is 6.51. The van der Waals surface area contributed by atoms with Crippen molar-refractivity contribution in [2.24, 2.45) is 0 Å². The molecule has 2 aromatic rings. The summed E-state index contributed by atoms with van der Waals surface area (Å²) >= 11 is 6.98. The molecule has 0 N–H and O–H groups in total. The third-order valence-corrected chi connectivity index (χ3v) is 3.65. The molecule has 0 saturated heterocycles. The van der Waals surface area contributed by atoms with Crippen molar-refractivity contribution in [3.63, 3.8) is 0 Å². The largest absolute Gasteiger partial charge is 0.423 e. The van der Waals surface area contributed by atoms with Crippen LogP contribution in [0.3, 0.4) is 0 Å². The number of aromatic nitrogens is 1. The summed E-state index contributed by atoms with van der Waals surface area (Å²) in [6, 6.07) is 8.32. The number of rotatable bonds is 3. The molecule has 1 aromatic heterocycles. The first-order valence-corrected chi connectivity index (χ1v) is 6.95. The standard InChI is InChI=1S/C12H14N2OS2/c1-3-14(12(16)17-4-2)11-13-9-7-5-6-8-10(9)15-11/h5-8H,3-4H2,1-2H3. The summed E-state index contributed by atoms with van der Waals surface area (Å²) in [5.41, 5.74) is 1.66. The van der Waals surface area contributed by atoms with E-state index in [1.807, 2.05) is 36.1 Å². The molecule has 90 valence electrons. The minimum absolute atomic E-state index is 0.583. The van der Waals surface area contributed by atoms with Crippen LogP contribution >= 0.6 is 24.0 Å². The minimum atomic E-state index is 0.583. The third-order valence-electron chi connectivity index (χ3n) is 2.32. The molecule has 0 amide bonds. The number of para-hydroxylation sites is 2. The Balaban J connectivity index is 2.33. The normalized spacial score (nSPS) is 10.7. The highest BCUT2D eigenvalue weighted by molar-refractivity contribution is 8.23. The first-order valence-electron chi connectivity index (χ1n) is 5.56. The molecule has 1 aromatic carbocycles. The van der Waals surface area contributed by atoms with Crippen LogP contribution in [0.4, 0.5) is 6.01 Å². The van der Waals surface area contributed by atoms with Gasteiger partial charge in [-0.3, -0.25) is 4.90 Å². The van der Waals surface area contributed by atoms with Crippen LogP contribution in [0.5, 0.6) is 0 Å². The van der Waals surface area contributed by atoms with Gasteiger partial charge in [-0.05, 0) is 24.8 Å². The monoisotopic (exact) mass is 266 g/mol. The summed E-state index contributed by atoms with van der Waals surface area (Å²) in [5.74, 6) is 0.954. The van der Waals surface area contributed by atoms with E-state index in [1.165, 1.54) is 0 Å². The number of anilines is 1. The lowest BCUT2D eigenvalue weighted by molar-refractivity contribution is 0.601. The maximum atomic E-state index is 5.70. The second kappa shape index (κ2) is 5.51. The zero-order valence-electron chi connectivity index (χ0n) is 9.84. The number of hydrogen-bond acceptors (Lipinski definition) is 4. The number of thiocarbonyl (C=S) groups is 1. The van der Waals surface area contributed by atoms with Crippen molar-refractivity contribution in [1.82, 2.24) is 4.98 Å². The molecule has 1 heterocycles. The molecule has 0 saturated carbocycles. The Labute approximate surface area is 110 Å². The van der Waals surface area contributed by atoms with Crippen LogP contribution in [0.2, 0.25) is 0 Å². The molecule has 0 spiro atoms. The topological polar surface area (TPSA) is 29.3 Å². The summed E-state index contributed by atoms with van der Waals surface area (Å²) in [7, 11) is 0. The van der Waals surface area contributed by atoms with E-state index in [4.69, 9.17) is 16.6 Å². The molecule has 5 heteroatoms. The predicted molar refractivity (Wildman–Crippen MR) is 77.8 cm³/mol. The van der Waals surface area contributed by atoms with E-state index in [2.05, 4.69) is 11.9 Å². The Bertz CT molecular complexity index is 491. The first-order chi connectivity index (χ1) is 8.26.